The van der Waals surface area contributed by atoms with Crippen molar-refractivity contribution in [3.05, 3.63) is 23.2 Å². The van der Waals surface area contributed by atoms with Gasteiger partial charge in [-0.05, 0) is 0 Å². The van der Waals surface area contributed by atoms with Crippen LogP contribution in [0.4, 0.5) is 5.69 Å². The van der Waals surface area contributed by atoms with Gasteiger partial charge in [0.1, 0.15) is 0 Å². The Labute approximate surface area is 73.6 Å². The molecule has 1 aromatic rings. The van der Waals surface area contributed by atoms with Crippen LogP contribution in [-0.4, -0.2) is 19.0 Å². The fraction of sp³-hybridized carbons (Fsp3) is 0. The Kier molecular flexibility index (Phi) is 2.66. The summed E-state index contributed by atoms with van der Waals surface area (Å²) in [5.74, 6) is 0. The molecule has 1 unspecified atom stereocenters. The molecule has 0 saturated carbocycles. The van der Waals surface area contributed by atoms with Crippen LogP contribution in [-0.2, 0) is 3.74 Å². The average Bonchev–Trinajstić information content (AvgIpc) is 1.94. The van der Waals surface area contributed by atoms with Gasteiger partial charge in [-0.25, -0.2) is 0 Å². The monoisotopic (exact) mass is 234 g/mol. The molecule has 0 heterocycles. The van der Waals surface area contributed by atoms with Crippen LogP contribution in [0, 0.1) is 0 Å². The van der Waals surface area contributed by atoms with E-state index in [9.17, 15) is 3.74 Å². The van der Waals surface area contributed by atoms with E-state index in [1.807, 2.05) is 0 Å². The van der Waals surface area contributed by atoms with Crippen molar-refractivity contribution in [3.63, 3.8) is 0 Å². The van der Waals surface area contributed by atoms with E-state index in [4.69, 9.17) is 21.4 Å². The molecular formula is C6H6AsClNO2. The summed E-state index contributed by atoms with van der Waals surface area (Å²) in [4.78, 5) is 0. The molecule has 0 spiro atoms. The normalized spacial score (nSPS) is 11.3. The number of hydrogen-bond acceptors (Lipinski definition) is 2. The van der Waals surface area contributed by atoms with Crippen LogP contribution in [0.25, 0.3) is 0 Å². The Morgan fingerprint density at radius 2 is 2.18 bits per heavy atom. The number of hydrogen-bond donors (Lipinski definition) is 2. The van der Waals surface area contributed by atoms with E-state index in [1.54, 1.807) is 0 Å². The Morgan fingerprint density at radius 3 is 2.64 bits per heavy atom. The molecule has 0 fully saturated rings. The third-order valence-electron chi connectivity index (χ3n) is 1.20. The molecule has 3 N–H and O–H groups in total. The molecule has 1 atom stereocenters. The number of anilines is 1. The molecule has 59 valence electrons. The van der Waals surface area contributed by atoms with Crippen LogP contribution in [0.15, 0.2) is 18.2 Å². The van der Waals surface area contributed by atoms with Crippen molar-refractivity contribution in [1.29, 1.82) is 0 Å². The Hall–Kier alpha value is -0.372. The van der Waals surface area contributed by atoms with E-state index in [0.717, 1.165) is 0 Å². The topological polar surface area (TPSA) is 63.3 Å². The van der Waals surface area contributed by atoms with Crippen LogP contribution in [0.2, 0.25) is 5.02 Å². The maximum absolute atomic E-state index is 10.6. The van der Waals surface area contributed by atoms with Gasteiger partial charge in [0, 0.05) is 0 Å². The second-order valence-corrected chi connectivity index (χ2v) is 4.61. The minimum absolute atomic E-state index is 0.326. The zero-order valence-corrected chi connectivity index (χ0v) is 8.12. The molecule has 0 amide bonds. The number of halogens is 1. The molecule has 5 heteroatoms. The van der Waals surface area contributed by atoms with Gasteiger partial charge >= 0.3 is 73.4 Å². The van der Waals surface area contributed by atoms with Crippen molar-refractivity contribution < 1.29 is 7.84 Å². The van der Waals surface area contributed by atoms with Gasteiger partial charge in [0.05, 0.1) is 0 Å². The van der Waals surface area contributed by atoms with Crippen LogP contribution in [0.3, 0.4) is 0 Å². The van der Waals surface area contributed by atoms with Crippen LogP contribution < -0.4 is 10.1 Å². The van der Waals surface area contributed by atoms with E-state index in [2.05, 4.69) is 0 Å². The molecule has 1 radical (unpaired) electrons. The van der Waals surface area contributed by atoms with Gasteiger partial charge in [-0.3, -0.25) is 0 Å². The first-order valence-electron chi connectivity index (χ1n) is 2.82. The first-order chi connectivity index (χ1) is 5.11. The van der Waals surface area contributed by atoms with Gasteiger partial charge in [-0.2, -0.15) is 0 Å². The van der Waals surface area contributed by atoms with Crippen LogP contribution >= 0.6 is 11.6 Å². The molecular weight excluding hydrogens is 228 g/mol. The second kappa shape index (κ2) is 3.35. The fourth-order valence-corrected chi connectivity index (χ4v) is 1.91. The van der Waals surface area contributed by atoms with Gasteiger partial charge in [0.25, 0.3) is 0 Å². The Balaban J connectivity index is 3.15. The predicted molar refractivity (Wildman–Crippen MR) is 44.2 cm³/mol. The number of benzene rings is 1. The van der Waals surface area contributed by atoms with Gasteiger partial charge in [0.15, 0.2) is 0 Å². The van der Waals surface area contributed by atoms with Crippen molar-refractivity contribution in [2.45, 2.75) is 0 Å². The summed E-state index contributed by atoms with van der Waals surface area (Å²) in [5, 5.41) is 0.326. The predicted octanol–water partition coefficient (Wildman–Crippen LogP) is 0.0402. The third kappa shape index (κ3) is 2.03. The molecule has 0 saturated heterocycles. The minimum atomic E-state index is -3.03. The van der Waals surface area contributed by atoms with Crippen molar-refractivity contribution in [2.75, 3.05) is 5.73 Å². The zero-order chi connectivity index (χ0) is 8.43. The Bertz CT molecular complexity index is 303. The summed E-state index contributed by atoms with van der Waals surface area (Å²) in [7, 11) is 0. The molecule has 0 aromatic heterocycles. The van der Waals surface area contributed by atoms with E-state index in [0.29, 0.717) is 15.1 Å². The fourth-order valence-electron chi connectivity index (χ4n) is 0.635. The summed E-state index contributed by atoms with van der Waals surface area (Å²) in [6.07, 6.45) is 0. The van der Waals surface area contributed by atoms with E-state index in [1.165, 1.54) is 18.2 Å². The molecule has 0 aliphatic heterocycles. The molecule has 0 aliphatic carbocycles. The maximum atomic E-state index is 10.6. The Morgan fingerprint density at radius 1 is 1.55 bits per heavy atom. The first-order valence-corrected chi connectivity index (χ1v) is 5.74. The average molecular weight is 234 g/mol. The molecule has 3 nitrogen and oxygen atoms in total. The molecule has 11 heavy (non-hydrogen) atoms. The van der Waals surface area contributed by atoms with Crippen LogP contribution in [0.1, 0.15) is 0 Å². The summed E-state index contributed by atoms with van der Waals surface area (Å²) in [5.41, 5.74) is 5.81. The molecule has 1 rings (SSSR count). The van der Waals surface area contributed by atoms with Crippen molar-refractivity contribution in [2.24, 2.45) is 0 Å². The van der Waals surface area contributed by atoms with Gasteiger partial charge in [-0.1, -0.05) is 0 Å². The van der Waals surface area contributed by atoms with Gasteiger partial charge < -0.3 is 0 Å². The quantitative estimate of drug-likeness (QED) is 0.533. The third-order valence-corrected chi connectivity index (χ3v) is 3.04. The van der Waals surface area contributed by atoms with Crippen LogP contribution in [0.5, 0.6) is 0 Å². The molecule has 1 aromatic carbocycles. The van der Waals surface area contributed by atoms with E-state index >= 15 is 0 Å². The SMILES string of the molecule is Nc1ccc([As](=O)O)cc1Cl. The van der Waals surface area contributed by atoms with Crippen molar-refractivity contribution in [3.8, 4) is 0 Å². The van der Waals surface area contributed by atoms with E-state index < -0.39 is 14.9 Å². The standard InChI is InChI=1S/C6H6AsClNO2/c8-5-3-4(7(10)11)1-2-6(5)9/h1-3H,9H2,(H,10,11). The summed E-state index contributed by atoms with van der Waals surface area (Å²) >= 11 is 2.58. The van der Waals surface area contributed by atoms with Gasteiger partial charge in [0.2, 0.25) is 0 Å². The molecule has 0 bridgehead atoms. The second-order valence-electron chi connectivity index (χ2n) is 1.98. The summed E-state index contributed by atoms with van der Waals surface area (Å²) in [6.45, 7) is 0. The number of rotatable bonds is 1. The van der Waals surface area contributed by atoms with Crippen molar-refractivity contribution in [1.82, 2.24) is 0 Å². The molecule has 0 aliphatic rings. The zero-order valence-electron chi connectivity index (χ0n) is 5.49. The van der Waals surface area contributed by atoms with Crippen molar-refractivity contribution >= 4 is 36.6 Å². The number of nitrogens with two attached hydrogens (primary N) is 1. The summed E-state index contributed by atoms with van der Waals surface area (Å²) < 4.78 is 19.7. The van der Waals surface area contributed by atoms with Gasteiger partial charge in [-0.15, -0.1) is 0 Å². The summed E-state index contributed by atoms with van der Waals surface area (Å²) in [6, 6.07) is 4.45. The first kappa shape index (κ1) is 8.72. The van der Waals surface area contributed by atoms with E-state index in [-0.39, 0.29) is 0 Å². The number of nitrogen functional groups attached to an aromatic ring is 1.